The number of aliphatic hydroxyl groups is 2. The van der Waals surface area contributed by atoms with E-state index in [4.69, 9.17) is 11.6 Å². The molecule has 25 heavy (non-hydrogen) atoms. The monoisotopic (exact) mass is 372 g/mol. The lowest BCUT2D eigenvalue weighted by molar-refractivity contribution is -0.0251. The van der Waals surface area contributed by atoms with Crippen molar-refractivity contribution in [1.82, 2.24) is 21.5 Å². The fraction of sp³-hybridized carbons (Fsp3) is 1.00. The molecule has 7 heteroatoms. The van der Waals surface area contributed by atoms with Crippen molar-refractivity contribution in [3.63, 3.8) is 0 Å². The first kappa shape index (κ1) is 18.4. The molecule has 9 atom stereocenters. The molecular formula is C18H33ClN4O2. The predicted molar refractivity (Wildman–Crippen MR) is 98.0 cm³/mol. The summed E-state index contributed by atoms with van der Waals surface area (Å²) < 4.78 is 0. The maximum atomic E-state index is 10.6. The van der Waals surface area contributed by atoms with Crippen molar-refractivity contribution in [3.05, 3.63) is 0 Å². The van der Waals surface area contributed by atoms with E-state index in [0.29, 0.717) is 30.2 Å². The van der Waals surface area contributed by atoms with Gasteiger partial charge in [0.05, 0.1) is 18.4 Å². The number of nitrogens with one attached hydrogen (secondary N) is 4. The summed E-state index contributed by atoms with van der Waals surface area (Å²) in [5.74, 6) is 1.73. The van der Waals surface area contributed by atoms with Crippen LogP contribution in [-0.4, -0.2) is 59.6 Å². The molecule has 0 amide bonds. The zero-order valence-electron chi connectivity index (χ0n) is 14.8. The van der Waals surface area contributed by atoms with Crippen molar-refractivity contribution in [2.24, 2.45) is 23.7 Å². The Hall–Kier alpha value is 0.0500. The van der Waals surface area contributed by atoms with Crippen molar-refractivity contribution >= 4 is 11.6 Å². The summed E-state index contributed by atoms with van der Waals surface area (Å²) in [6, 6.07) is 0.304. The van der Waals surface area contributed by atoms with Gasteiger partial charge in [0, 0.05) is 36.3 Å². The smallest absolute Gasteiger partial charge is 0.0748 e. The Labute approximate surface area is 155 Å². The minimum Gasteiger partial charge on any atom is -0.393 e. The van der Waals surface area contributed by atoms with E-state index < -0.39 is 0 Å². The number of aliphatic hydroxyl groups excluding tert-OH is 2. The first-order chi connectivity index (χ1) is 12.1. The Kier molecular flexibility index (Phi) is 5.87. The SMILES string of the molecule is OC1CC(Cl)CCC1C1NNC(NC[C@@H]2CC[C@H]2O)C2CNCCC21. The molecule has 0 aromatic carbocycles. The molecule has 2 saturated heterocycles. The summed E-state index contributed by atoms with van der Waals surface area (Å²) >= 11 is 6.24. The Bertz CT molecular complexity index is 457. The lowest BCUT2D eigenvalue weighted by Gasteiger charge is -2.51. The van der Waals surface area contributed by atoms with Gasteiger partial charge in [-0.05, 0) is 56.9 Å². The number of piperidine rings is 1. The lowest BCUT2D eigenvalue weighted by atomic mass is 9.69. The number of halogens is 1. The molecule has 7 unspecified atom stereocenters. The van der Waals surface area contributed by atoms with Crippen LogP contribution in [0.4, 0.5) is 0 Å². The molecule has 144 valence electrons. The van der Waals surface area contributed by atoms with E-state index in [9.17, 15) is 10.2 Å². The van der Waals surface area contributed by atoms with E-state index in [0.717, 1.165) is 51.7 Å². The average Bonchev–Trinajstić information content (AvgIpc) is 2.61. The van der Waals surface area contributed by atoms with Crippen LogP contribution >= 0.6 is 11.6 Å². The number of rotatable bonds is 4. The molecule has 4 aliphatic rings. The van der Waals surface area contributed by atoms with E-state index in [1.807, 2.05) is 0 Å². The van der Waals surface area contributed by atoms with Crippen molar-refractivity contribution in [1.29, 1.82) is 0 Å². The van der Waals surface area contributed by atoms with Crippen LogP contribution in [0.25, 0.3) is 0 Å². The highest BCUT2D eigenvalue weighted by Crippen LogP contribution is 2.38. The quantitative estimate of drug-likeness (QED) is 0.394. The topological polar surface area (TPSA) is 88.6 Å². The third-order valence-corrected chi connectivity index (χ3v) is 7.52. The van der Waals surface area contributed by atoms with Crippen LogP contribution in [0.15, 0.2) is 0 Å². The zero-order chi connectivity index (χ0) is 17.4. The molecular weight excluding hydrogens is 340 g/mol. The van der Waals surface area contributed by atoms with Crippen molar-refractivity contribution in [2.75, 3.05) is 19.6 Å². The molecule has 6 nitrogen and oxygen atoms in total. The molecule has 0 bridgehead atoms. The van der Waals surface area contributed by atoms with Crippen LogP contribution in [0, 0.1) is 23.7 Å². The van der Waals surface area contributed by atoms with Crippen LogP contribution in [0.2, 0.25) is 0 Å². The average molecular weight is 373 g/mol. The molecule has 4 fully saturated rings. The third kappa shape index (κ3) is 3.86. The van der Waals surface area contributed by atoms with Gasteiger partial charge in [-0.2, -0.15) is 0 Å². The highest BCUT2D eigenvalue weighted by molar-refractivity contribution is 6.20. The molecule has 6 N–H and O–H groups in total. The fourth-order valence-electron chi connectivity index (χ4n) is 5.35. The Balaban J connectivity index is 1.39. The van der Waals surface area contributed by atoms with Crippen LogP contribution < -0.4 is 21.5 Å². The summed E-state index contributed by atoms with van der Waals surface area (Å²) in [6.45, 7) is 2.92. The second-order valence-corrected chi connectivity index (χ2v) is 9.18. The second-order valence-electron chi connectivity index (χ2n) is 8.57. The molecule has 0 radical (unpaired) electrons. The van der Waals surface area contributed by atoms with E-state index in [-0.39, 0.29) is 29.7 Å². The number of fused-ring (bicyclic) bond motifs is 1. The fourth-order valence-corrected chi connectivity index (χ4v) is 5.66. The van der Waals surface area contributed by atoms with E-state index in [1.165, 1.54) is 0 Å². The van der Waals surface area contributed by atoms with Crippen molar-refractivity contribution in [3.8, 4) is 0 Å². The van der Waals surface area contributed by atoms with Gasteiger partial charge in [0.1, 0.15) is 0 Å². The first-order valence-electron chi connectivity index (χ1n) is 10.1. The van der Waals surface area contributed by atoms with Crippen LogP contribution in [-0.2, 0) is 0 Å². The summed E-state index contributed by atoms with van der Waals surface area (Å²) in [4.78, 5) is 0. The number of alkyl halides is 1. The van der Waals surface area contributed by atoms with Gasteiger partial charge in [-0.15, -0.1) is 11.6 Å². The second kappa shape index (κ2) is 7.97. The summed E-state index contributed by atoms with van der Waals surface area (Å²) in [5.41, 5.74) is 7.04. The first-order valence-corrected chi connectivity index (χ1v) is 10.5. The van der Waals surface area contributed by atoms with Crippen LogP contribution in [0.1, 0.15) is 38.5 Å². The molecule has 2 saturated carbocycles. The largest absolute Gasteiger partial charge is 0.393 e. The van der Waals surface area contributed by atoms with Gasteiger partial charge in [-0.25, -0.2) is 5.43 Å². The van der Waals surface area contributed by atoms with Gasteiger partial charge in [0.25, 0.3) is 0 Å². The molecule has 0 aromatic heterocycles. The summed E-state index contributed by atoms with van der Waals surface area (Å²) in [7, 11) is 0. The van der Waals surface area contributed by atoms with Gasteiger partial charge in [0.15, 0.2) is 0 Å². The van der Waals surface area contributed by atoms with Crippen molar-refractivity contribution < 1.29 is 10.2 Å². The van der Waals surface area contributed by atoms with Crippen LogP contribution in [0.5, 0.6) is 0 Å². The maximum Gasteiger partial charge on any atom is 0.0748 e. The van der Waals surface area contributed by atoms with Crippen LogP contribution in [0.3, 0.4) is 0 Å². The van der Waals surface area contributed by atoms with E-state index in [1.54, 1.807) is 0 Å². The molecule has 2 heterocycles. The minimum absolute atomic E-state index is 0.120. The number of hydrogen-bond acceptors (Lipinski definition) is 6. The molecule has 2 aliphatic heterocycles. The van der Waals surface area contributed by atoms with Crippen molar-refractivity contribution in [2.45, 2.75) is 68.3 Å². The Morgan fingerprint density at radius 2 is 1.80 bits per heavy atom. The normalized spacial score (nSPS) is 50.8. The lowest BCUT2D eigenvalue weighted by Crippen LogP contribution is -2.71. The molecule has 4 rings (SSSR count). The Morgan fingerprint density at radius 3 is 2.52 bits per heavy atom. The van der Waals surface area contributed by atoms with E-state index >= 15 is 0 Å². The molecule has 2 aliphatic carbocycles. The minimum atomic E-state index is -0.305. The Morgan fingerprint density at radius 1 is 0.920 bits per heavy atom. The zero-order valence-corrected chi connectivity index (χ0v) is 15.6. The summed E-state index contributed by atoms with van der Waals surface area (Å²) in [5, 5.41) is 27.7. The summed E-state index contributed by atoms with van der Waals surface area (Å²) in [6.07, 6.45) is 5.69. The number of hydrazine groups is 1. The highest BCUT2D eigenvalue weighted by atomic mass is 35.5. The van der Waals surface area contributed by atoms with Gasteiger partial charge in [-0.1, -0.05) is 0 Å². The molecule has 0 spiro atoms. The maximum absolute atomic E-state index is 10.6. The molecule has 0 aromatic rings. The van der Waals surface area contributed by atoms with Gasteiger partial charge < -0.3 is 20.8 Å². The highest BCUT2D eigenvalue weighted by Gasteiger charge is 2.46. The predicted octanol–water partition coefficient (Wildman–Crippen LogP) is 0.144. The van der Waals surface area contributed by atoms with Gasteiger partial charge in [-0.3, -0.25) is 5.43 Å². The number of hydrogen-bond donors (Lipinski definition) is 6. The third-order valence-electron chi connectivity index (χ3n) is 7.12. The standard InChI is InChI=1S/C18H33ClN4O2/c19-11-2-3-13(16(25)7-11)17-12-5-6-20-9-14(12)18(23-22-17)21-8-10-1-4-15(10)24/h10-18,20-25H,1-9H2/t10-,11?,12?,13?,14?,15+,16?,17?,18?/m0/s1. The van der Waals surface area contributed by atoms with E-state index in [2.05, 4.69) is 21.5 Å². The van der Waals surface area contributed by atoms with Gasteiger partial charge in [0.2, 0.25) is 0 Å². The van der Waals surface area contributed by atoms with Gasteiger partial charge >= 0.3 is 0 Å².